The number of nitrogens with one attached hydrogen (secondary N) is 1. The molecule has 0 aliphatic heterocycles. The van der Waals surface area contributed by atoms with Gasteiger partial charge in [-0.05, 0) is 73.6 Å². The average Bonchev–Trinajstić information content (AvgIpc) is 2.67. The lowest BCUT2D eigenvalue weighted by atomic mass is 9.92. The number of carbonyl (C=O) groups excluding carboxylic acids is 2. The average molecular weight is 353 g/mol. The second-order valence-electron chi connectivity index (χ2n) is 6.50. The predicted octanol–water partition coefficient (Wildman–Crippen LogP) is 3.68. The van der Waals surface area contributed by atoms with Gasteiger partial charge >= 0.3 is 5.97 Å². The molecule has 0 fully saturated rings. The Kier molecular flexibility index (Phi) is 5.56. The highest BCUT2D eigenvalue weighted by molar-refractivity contribution is 5.95. The first-order chi connectivity index (χ1) is 12.6. The summed E-state index contributed by atoms with van der Waals surface area (Å²) < 4.78 is 10.4. The minimum Gasteiger partial charge on any atom is -0.484 e. The van der Waals surface area contributed by atoms with Gasteiger partial charge in [0, 0.05) is 5.69 Å². The number of benzene rings is 2. The number of methoxy groups -OCH3 is 1. The van der Waals surface area contributed by atoms with Crippen molar-refractivity contribution in [1.29, 1.82) is 0 Å². The molecular weight excluding hydrogens is 330 g/mol. The number of anilines is 1. The molecule has 0 aromatic heterocycles. The van der Waals surface area contributed by atoms with E-state index >= 15 is 0 Å². The van der Waals surface area contributed by atoms with Crippen LogP contribution >= 0.6 is 0 Å². The Hall–Kier alpha value is -2.82. The number of hydrogen-bond acceptors (Lipinski definition) is 4. The van der Waals surface area contributed by atoms with Crippen molar-refractivity contribution >= 4 is 17.6 Å². The summed E-state index contributed by atoms with van der Waals surface area (Å²) in [6.45, 7) is 1.78. The summed E-state index contributed by atoms with van der Waals surface area (Å²) in [4.78, 5) is 23.9. The zero-order valence-corrected chi connectivity index (χ0v) is 15.1. The molecule has 0 heterocycles. The fraction of sp³-hybridized carbons (Fsp3) is 0.333. The summed E-state index contributed by atoms with van der Waals surface area (Å²) in [5, 5.41) is 2.79. The first kappa shape index (κ1) is 18.0. The molecule has 1 amide bonds. The van der Waals surface area contributed by atoms with Crippen LogP contribution in [0.2, 0.25) is 0 Å². The molecule has 3 rings (SSSR count). The summed E-state index contributed by atoms with van der Waals surface area (Å²) >= 11 is 0. The summed E-state index contributed by atoms with van der Waals surface area (Å²) in [7, 11) is 1.33. The number of hydrogen-bond donors (Lipinski definition) is 1. The number of aryl methyl sites for hydroxylation is 3. The zero-order valence-electron chi connectivity index (χ0n) is 15.1. The Morgan fingerprint density at radius 1 is 1.04 bits per heavy atom. The van der Waals surface area contributed by atoms with Crippen molar-refractivity contribution in [2.24, 2.45) is 0 Å². The maximum atomic E-state index is 12.2. The lowest BCUT2D eigenvalue weighted by Gasteiger charge is -2.17. The van der Waals surface area contributed by atoms with Gasteiger partial charge in [-0.25, -0.2) is 4.79 Å². The minimum atomic E-state index is -0.439. The van der Waals surface area contributed by atoms with E-state index in [0.717, 1.165) is 18.4 Å². The van der Waals surface area contributed by atoms with E-state index in [4.69, 9.17) is 9.47 Å². The molecule has 5 nitrogen and oxygen atoms in total. The van der Waals surface area contributed by atoms with Crippen molar-refractivity contribution in [3.8, 4) is 5.75 Å². The lowest BCUT2D eigenvalue weighted by molar-refractivity contribution is -0.118. The molecule has 2 aromatic carbocycles. The molecule has 26 heavy (non-hydrogen) atoms. The van der Waals surface area contributed by atoms with Gasteiger partial charge < -0.3 is 14.8 Å². The topological polar surface area (TPSA) is 64.6 Å². The van der Waals surface area contributed by atoms with Crippen molar-refractivity contribution in [3.05, 3.63) is 58.7 Å². The molecule has 0 atom stereocenters. The van der Waals surface area contributed by atoms with Crippen LogP contribution < -0.4 is 10.1 Å². The van der Waals surface area contributed by atoms with Crippen LogP contribution in [0.15, 0.2) is 36.4 Å². The van der Waals surface area contributed by atoms with Gasteiger partial charge in [0.1, 0.15) is 5.75 Å². The molecule has 0 bridgehead atoms. The van der Waals surface area contributed by atoms with Crippen LogP contribution in [0.3, 0.4) is 0 Å². The van der Waals surface area contributed by atoms with Crippen LogP contribution in [0, 0.1) is 6.92 Å². The smallest absolute Gasteiger partial charge is 0.337 e. The highest BCUT2D eigenvalue weighted by Gasteiger charge is 2.12. The van der Waals surface area contributed by atoms with Crippen molar-refractivity contribution in [2.45, 2.75) is 32.6 Å². The molecule has 0 spiro atoms. The summed E-state index contributed by atoms with van der Waals surface area (Å²) in [5.41, 5.74) is 4.52. The van der Waals surface area contributed by atoms with E-state index in [-0.39, 0.29) is 12.5 Å². The van der Waals surface area contributed by atoms with Crippen molar-refractivity contribution in [2.75, 3.05) is 19.0 Å². The molecule has 1 aliphatic rings. The lowest BCUT2D eigenvalue weighted by Crippen LogP contribution is -2.21. The quantitative estimate of drug-likeness (QED) is 0.833. The van der Waals surface area contributed by atoms with Gasteiger partial charge in [-0.1, -0.05) is 12.1 Å². The van der Waals surface area contributed by atoms with Crippen molar-refractivity contribution < 1.29 is 19.1 Å². The maximum Gasteiger partial charge on any atom is 0.337 e. The fourth-order valence-corrected chi connectivity index (χ4v) is 3.14. The third kappa shape index (κ3) is 4.23. The molecule has 0 radical (unpaired) electrons. The Labute approximate surface area is 153 Å². The van der Waals surface area contributed by atoms with Crippen molar-refractivity contribution in [1.82, 2.24) is 0 Å². The molecule has 1 N–H and O–H groups in total. The molecule has 2 aromatic rings. The zero-order chi connectivity index (χ0) is 18.5. The van der Waals surface area contributed by atoms with E-state index < -0.39 is 5.97 Å². The Morgan fingerprint density at radius 2 is 1.81 bits per heavy atom. The summed E-state index contributed by atoms with van der Waals surface area (Å²) in [5.74, 6) is -0.000483. The Balaban J connectivity index is 1.62. The number of carbonyl (C=O) groups is 2. The fourth-order valence-electron chi connectivity index (χ4n) is 3.14. The van der Waals surface area contributed by atoms with Crippen LogP contribution in [0.1, 0.15) is 39.9 Å². The Bertz CT molecular complexity index is 829. The minimum absolute atomic E-state index is 0.0827. The number of amides is 1. The third-order valence-electron chi connectivity index (χ3n) is 4.62. The maximum absolute atomic E-state index is 12.2. The molecule has 0 saturated heterocycles. The van der Waals surface area contributed by atoms with E-state index in [9.17, 15) is 9.59 Å². The van der Waals surface area contributed by atoms with Gasteiger partial charge in [-0.15, -0.1) is 0 Å². The van der Waals surface area contributed by atoms with Gasteiger partial charge in [-0.2, -0.15) is 0 Å². The number of fused-ring (bicyclic) bond motifs is 1. The third-order valence-corrected chi connectivity index (χ3v) is 4.62. The number of ether oxygens (including phenoxy) is 2. The molecule has 0 saturated carbocycles. The first-order valence-corrected chi connectivity index (χ1v) is 8.80. The summed E-state index contributed by atoms with van der Waals surface area (Å²) in [6, 6.07) is 11.1. The first-order valence-electron chi connectivity index (χ1n) is 8.80. The largest absolute Gasteiger partial charge is 0.484 e. The number of rotatable bonds is 5. The predicted molar refractivity (Wildman–Crippen MR) is 99.7 cm³/mol. The second-order valence-corrected chi connectivity index (χ2v) is 6.50. The van der Waals surface area contributed by atoms with E-state index in [1.807, 2.05) is 19.1 Å². The van der Waals surface area contributed by atoms with E-state index in [0.29, 0.717) is 17.0 Å². The molecular formula is C21H23NO4. The SMILES string of the molecule is COC(=O)c1ccc(C)c(NC(=O)COc2ccc3c(c2)CCCC3)c1. The van der Waals surface area contributed by atoms with Crippen LogP contribution in [0.5, 0.6) is 5.75 Å². The van der Waals surface area contributed by atoms with Gasteiger partial charge in [-0.3, -0.25) is 4.79 Å². The van der Waals surface area contributed by atoms with E-state index in [1.165, 1.54) is 31.1 Å². The highest BCUT2D eigenvalue weighted by atomic mass is 16.5. The standard InChI is InChI=1S/C21H23NO4/c1-14-7-8-17(21(24)25-2)12-19(14)22-20(23)13-26-18-10-9-15-5-3-4-6-16(15)11-18/h7-12H,3-6,13H2,1-2H3,(H,22,23). The molecule has 136 valence electrons. The van der Waals surface area contributed by atoms with Gasteiger partial charge in [0.15, 0.2) is 6.61 Å². The number of esters is 1. The normalized spacial score (nSPS) is 12.8. The molecule has 5 heteroatoms. The Morgan fingerprint density at radius 3 is 2.58 bits per heavy atom. The van der Waals surface area contributed by atoms with Gasteiger partial charge in [0.25, 0.3) is 5.91 Å². The second kappa shape index (κ2) is 8.04. The van der Waals surface area contributed by atoms with Crippen LogP contribution in [-0.4, -0.2) is 25.6 Å². The summed E-state index contributed by atoms with van der Waals surface area (Å²) in [6.07, 6.45) is 4.62. The van der Waals surface area contributed by atoms with Crippen LogP contribution in [0.4, 0.5) is 5.69 Å². The van der Waals surface area contributed by atoms with E-state index in [1.54, 1.807) is 18.2 Å². The van der Waals surface area contributed by atoms with Crippen LogP contribution in [-0.2, 0) is 22.4 Å². The molecule has 1 aliphatic carbocycles. The van der Waals surface area contributed by atoms with E-state index in [2.05, 4.69) is 11.4 Å². The van der Waals surface area contributed by atoms with Gasteiger partial charge in [0.05, 0.1) is 12.7 Å². The van der Waals surface area contributed by atoms with Gasteiger partial charge in [0.2, 0.25) is 0 Å². The highest BCUT2D eigenvalue weighted by Crippen LogP contribution is 2.25. The monoisotopic (exact) mass is 353 g/mol. The van der Waals surface area contributed by atoms with Crippen molar-refractivity contribution in [3.63, 3.8) is 0 Å². The molecule has 0 unspecified atom stereocenters. The van der Waals surface area contributed by atoms with Crippen LogP contribution in [0.25, 0.3) is 0 Å².